The largest absolute Gasteiger partial charge is 0.352 e. The van der Waals surface area contributed by atoms with Gasteiger partial charge in [0.05, 0.1) is 5.92 Å². The van der Waals surface area contributed by atoms with Gasteiger partial charge in [0, 0.05) is 17.6 Å². The Morgan fingerprint density at radius 3 is 3.00 bits per heavy atom. The van der Waals surface area contributed by atoms with Crippen LogP contribution in [0.5, 0.6) is 0 Å². The molecule has 1 unspecified atom stereocenters. The number of halogens is 1. The molecule has 1 atom stereocenters. The summed E-state index contributed by atoms with van der Waals surface area (Å²) in [6.07, 6.45) is 0.946. The van der Waals surface area contributed by atoms with E-state index < -0.39 is 0 Å². The second-order valence-corrected chi connectivity index (χ2v) is 4.85. The van der Waals surface area contributed by atoms with Crippen LogP contribution < -0.4 is 10.6 Å². The smallest absolute Gasteiger partial charge is 0.224 e. The van der Waals surface area contributed by atoms with Crippen LogP contribution in [0.1, 0.15) is 12.0 Å². The zero-order valence-corrected chi connectivity index (χ0v) is 10.6. The summed E-state index contributed by atoms with van der Waals surface area (Å²) in [5.41, 5.74) is 1.11. The molecule has 4 heteroatoms. The monoisotopic (exact) mass is 282 g/mol. The van der Waals surface area contributed by atoms with Crippen molar-refractivity contribution < 1.29 is 4.79 Å². The van der Waals surface area contributed by atoms with Gasteiger partial charge in [0.25, 0.3) is 0 Å². The van der Waals surface area contributed by atoms with Crippen molar-refractivity contribution in [3.05, 3.63) is 34.3 Å². The van der Waals surface area contributed by atoms with Crippen LogP contribution in [-0.2, 0) is 11.3 Å². The van der Waals surface area contributed by atoms with Gasteiger partial charge in [0.1, 0.15) is 0 Å². The van der Waals surface area contributed by atoms with Crippen molar-refractivity contribution >= 4 is 21.8 Å². The second-order valence-electron chi connectivity index (χ2n) is 4.00. The van der Waals surface area contributed by atoms with E-state index in [1.54, 1.807) is 0 Å². The summed E-state index contributed by atoms with van der Waals surface area (Å²) in [6.45, 7) is 2.35. The number of carbonyl (C=O) groups excluding carboxylic acids is 1. The minimum absolute atomic E-state index is 0.141. The molecule has 0 aliphatic carbocycles. The van der Waals surface area contributed by atoms with Gasteiger partial charge >= 0.3 is 0 Å². The van der Waals surface area contributed by atoms with Gasteiger partial charge in [-0.15, -0.1) is 0 Å². The molecule has 2 N–H and O–H groups in total. The van der Waals surface area contributed by atoms with Gasteiger partial charge in [-0.25, -0.2) is 0 Å². The normalized spacial score (nSPS) is 19.7. The number of rotatable bonds is 3. The Hall–Kier alpha value is -0.870. The first-order valence-electron chi connectivity index (χ1n) is 5.49. The van der Waals surface area contributed by atoms with E-state index in [2.05, 4.69) is 26.6 Å². The maximum atomic E-state index is 11.8. The third-order valence-electron chi connectivity index (χ3n) is 2.84. The second kappa shape index (κ2) is 5.46. The van der Waals surface area contributed by atoms with E-state index in [-0.39, 0.29) is 11.8 Å². The summed E-state index contributed by atoms with van der Waals surface area (Å²) in [4.78, 5) is 11.8. The average molecular weight is 283 g/mol. The van der Waals surface area contributed by atoms with E-state index in [0.29, 0.717) is 6.54 Å². The fraction of sp³-hybridized carbons (Fsp3) is 0.417. The van der Waals surface area contributed by atoms with Crippen LogP contribution >= 0.6 is 15.9 Å². The van der Waals surface area contributed by atoms with Crippen LogP contribution in [0.4, 0.5) is 0 Å². The SMILES string of the molecule is O=C(NCc1ccccc1Br)C1CCNC1. The van der Waals surface area contributed by atoms with Crippen molar-refractivity contribution in [1.82, 2.24) is 10.6 Å². The first-order chi connectivity index (χ1) is 7.77. The highest BCUT2D eigenvalue weighted by Crippen LogP contribution is 2.15. The van der Waals surface area contributed by atoms with E-state index in [0.717, 1.165) is 29.5 Å². The number of hydrogen-bond donors (Lipinski definition) is 2. The molecular weight excluding hydrogens is 268 g/mol. The maximum absolute atomic E-state index is 11.8. The molecule has 3 nitrogen and oxygen atoms in total. The quantitative estimate of drug-likeness (QED) is 0.886. The van der Waals surface area contributed by atoms with Crippen molar-refractivity contribution in [2.24, 2.45) is 5.92 Å². The molecule has 1 heterocycles. The molecule has 1 saturated heterocycles. The Morgan fingerprint density at radius 2 is 2.31 bits per heavy atom. The molecule has 0 radical (unpaired) electrons. The number of nitrogens with one attached hydrogen (secondary N) is 2. The molecule has 1 aliphatic heterocycles. The van der Waals surface area contributed by atoms with Gasteiger partial charge in [0.15, 0.2) is 0 Å². The summed E-state index contributed by atoms with van der Waals surface area (Å²) in [5, 5.41) is 6.17. The standard InChI is InChI=1S/C12H15BrN2O/c13-11-4-2-1-3-9(11)8-15-12(16)10-5-6-14-7-10/h1-4,10,14H,5-8H2,(H,15,16). The van der Waals surface area contributed by atoms with Gasteiger partial charge in [-0.3, -0.25) is 4.79 Å². The zero-order valence-electron chi connectivity index (χ0n) is 9.00. The molecule has 0 spiro atoms. The Bertz CT molecular complexity index is 375. The van der Waals surface area contributed by atoms with Crippen molar-refractivity contribution in [3.63, 3.8) is 0 Å². The molecule has 16 heavy (non-hydrogen) atoms. The lowest BCUT2D eigenvalue weighted by molar-refractivity contribution is -0.124. The highest BCUT2D eigenvalue weighted by atomic mass is 79.9. The summed E-state index contributed by atoms with van der Waals surface area (Å²) in [7, 11) is 0. The molecule has 1 aliphatic rings. The van der Waals surface area contributed by atoms with Gasteiger partial charge in [-0.1, -0.05) is 34.1 Å². The number of carbonyl (C=O) groups is 1. The summed E-state index contributed by atoms with van der Waals surface area (Å²) < 4.78 is 1.04. The van der Waals surface area contributed by atoms with Gasteiger partial charge in [-0.2, -0.15) is 0 Å². The summed E-state index contributed by atoms with van der Waals surface area (Å²) >= 11 is 3.47. The number of benzene rings is 1. The topological polar surface area (TPSA) is 41.1 Å². The minimum atomic E-state index is 0.141. The lowest BCUT2D eigenvalue weighted by Crippen LogP contribution is -2.31. The predicted molar refractivity (Wildman–Crippen MR) is 67.0 cm³/mol. The molecule has 86 valence electrons. The number of amides is 1. The molecule has 1 fully saturated rings. The molecule has 0 bridgehead atoms. The maximum Gasteiger partial charge on any atom is 0.224 e. The third-order valence-corrected chi connectivity index (χ3v) is 3.62. The van der Waals surface area contributed by atoms with E-state index in [1.807, 2.05) is 24.3 Å². The van der Waals surface area contributed by atoms with Gasteiger partial charge in [0.2, 0.25) is 5.91 Å². The van der Waals surface area contributed by atoms with E-state index >= 15 is 0 Å². The van der Waals surface area contributed by atoms with Crippen LogP contribution in [0.15, 0.2) is 28.7 Å². The first-order valence-corrected chi connectivity index (χ1v) is 6.28. The number of hydrogen-bond acceptors (Lipinski definition) is 2. The lowest BCUT2D eigenvalue weighted by Gasteiger charge is -2.10. The van der Waals surface area contributed by atoms with E-state index in [1.165, 1.54) is 0 Å². The zero-order chi connectivity index (χ0) is 11.4. The van der Waals surface area contributed by atoms with Crippen molar-refractivity contribution in [3.8, 4) is 0 Å². The highest BCUT2D eigenvalue weighted by Gasteiger charge is 2.21. The van der Waals surface area contributed by atoms with Crippen LogP contribution in [0.25, 0.3) is 0 Å². The van der Waals surface area contributed by atoms with Crippen LogP contribution in [0.3, 0.4) is 0 Å². The Labute approximate surface area is 104 Å². The van der Waals surface area contributed by atoms with Crippen molar-refractivity contribution in [2.75, 3.05) is 13.1 Å². The fourth-order valence-electron chi connectivity index (χ4n) is 1.85. The Kier molecular flexibility index (Phi) is 3.96. The van der Waals surface area contributed by atoms with Gasteiger partial charge < -0.3 is 10.6 Å². The van der Waals surface area contributed by atoms with Gasteiger partial charge in [-0.05, 0) is 24.6 Å². The van der Waals surface area contributed by atoms with E-state index in [9.17, 15) is 4.79 Å². The lowest BCUT2D eigenvalue weighted by atomic mass is 10.1. The molecule has 1 amide bonds. The fourth-order valence-corrected chi connectivity index (χ4v) is 2.27. The van der Waals surface area contributed by atoms with Crippen LogP contribution in [-0.4, -0.2) is 19.0 Å². The summed E-state index contributed by atoms with van der Waals surface area (Å²) in [5.74, 6) is 0.295. The minimum Gasteiger partial charge on any atom is -0.352 e. The predicted octanol–water partition coefficient (Wildman–Crippen LogP) is 1.67. The average Bonchev–Trinajstić information content (AvgIpc) is 2.81. The van der Waals surface area contributed by atoms with Crippen molar-refractivity contribution in [1.29, 1.82) is 0 Å². The van der Waals surface area contributed by atoms with E-state index in [4.69, 9.17) is 0 Å². The molecule has 1 aromatic rings. The van der Waals surface area contributed by atoms with Crippen LogP contribution in [0.2, 0.25) is 0 Å². The molecule has 0 aromatic heterocycles. The Balaban J connectivity index is 1.87. The third kappa shape index (κ3) is 2.83. The highest BCUT2D eigenvalue weighted by molar-refractivity contribution is 9.10. The molecule has 2 rings (SSSR count). The Morgan fingerprint density at radius 1 is 1.50 bits per heavy atom. The van der Waals surface area contributed by atoms with Crippen molar-refractivity contribution in [2.45, 2.75) is 13.0 Å². The first kappa shape index (κ1) is 11.6. The molecule has 0 saturated carbocycles. The summed E-state index contributed by atoms with van der Waals surface area (Å²) in [6, 6.07) is 7.94. The van der Waals surface area contributed by atoms with Crippen LogP contribution in [0, 0.1) is 5.92 Å². The molecular formula is C12H15BrN2O. The molecule has 1 aromatic carbocycles.